The second-order valence-corrected chi connectivity index (χ2v) is 7.72. The number of ether oxygens (including phenoxy) is 1. The third kappa shape index (κ3) is 4.06. The van der Waals surface area contributed by atoms with Gasteiger partial charge in [0.2, 0.25) is 0 Å². The quantitative estimate of drug-likeness (QED) is 0.847. The molecule has 7 heteroatoms. The highest BCUT2D eigenvalue weighted by atomic mass is 19.1. The molecule has 0 spiro atoms. The number of piperidine rings is 1. The summed E-state index contributed by atoms with van der Waals surface area (Å²) in [6.07, 6.45) is 1.92. The van der Waals surface area contributed by atoms with Crippen LogP contribution < -0.4 is 0 Å². The zero-order chi connectivity index (χ0) is 17.3. The number of hydrogen-bond donors (Lipinski definition) is 0. The topological polar surface area (TPSA) is 58.8 Å². The Bertz CT molecular complexity index is 578. The monoisotopic (exact) mass is 339 g/mol. The largest absolute Gasteiger partial charge is 0.448 e. The van der Waals surface area contributed by atoms with Crippen molar-refractivity contribution in [1.29, 1.82) is 0 Å². The maximum absolute atomic E-state index is 13.5. The van der Waals surface area contributed by atoms with Gasteiger partial charge in [-0.3, -0.25) is 4.90 Å². The standard InChI is InChI=1S/C17H26FN3O3/c1-17(2,3)24-16(22)21-7-12(8-21)15-14(19-11-23-15)10-20-6-4-5-13(18)9-20/h11-13H,4-10H2,1-3H3. The molecule has 3 rings (SSSR count). The minimum Gasteiger partial charge on any atom is -0.448 e. The van der Waals surface area contributed by atoms with Gasteiger partial charge in [-0.05, 0) is 40.2 Å². The number of likely N-dealkylation sites (tertiary alicyclic amines) is 2. The third-order valence-electron chi connectivity index (χ3n) is 4.40. The molecule has 0 saturated carbocycles. The lowest BCUT2D eigenvalue weighted by atomic mass is 9.96. The Morgan fingerprint density at radius 3 is 2.83 bits per heavy atom. The molecule has 2 aliphatic heterocycles. The van der Waals surface area contributed by atoms with Gasteiger partial charge < -0.3 is 14.1 Å². The van der Waals surface area contributed by atoms with Gasteiger partial charge in [0, 0.05) is 26.2 Å². The molecule has 2 saturated heterocycles. The molecule has 1 atom stereocenters. The number of oxazole rings is 1. The summed E-state index contributed by atoms with van der Waals surface area (Å²) in [7, 11) is 0. The van der Waals surface area contributed by atoms with Crippen LogP contribution in [0.1, 0.15) is 51.0 Å². The van der Waals surface area contributed by atoms with E-state index in [9.17, 15) is 9.18 Å². The van der Waals surface area contributed by atoms with Crippen LogP contribution in [0.4, 0.5) is 9.18 Å². The summed E-state index contributed by atoms with van der Waals surface area (Å²) in [4.78, 5) is 20.1. The van der Waals surface area contributed by atoms with Crippen molar-refractivity contribution in [3.63, 3.8) is 0 Å². The van der Waals surface area contributed by atoms with Gasteiger partial charge in [0.25, 0.3) is 0 Å². The van der Waals surface area contributed by atoms with Crippen molar-refractivity contribution in [3.05, 3.63) is 17.8 Å². The average Bonchev–Trinajstić information content (AvgIpc) is 2.83. The van der Waals surface area contributed by atoms with E-state index >= 15 is 0 Å². The molecule has 6 nitrogen and oxygen atoms in total. The average molecular weight is 339 g/mol. The molecule has 1 aromatic heterocycles. The zero-order valence-corrected chi connectivity index (χ0v) is 14.6. The summed E-state index contributed by atoms with van der Waals surface area (Å²) < 4.78 is 24.4. The molecule has 0 bridgehead atoms. The van der Waals surface area contributed by atoms with Crippen molar-refractivity contribution in [2.24, 2.45) is 0 Å². The van der Waals surface area contributed by atoms with E-state index < -0.39 is 11.8 Å². The molecule has 0 aliphatic carbocycles. The van der Waals surface area contributed by atoms with Crippen LogP contribution in [0, 0.1) is 0 Å². The second-order valence-electron chi connectivity index (χ2n) is 7.72. The van der Waals surface area contributed by atoms with Crippen LogP contribution >= 0.6 is 0 Å². The maximum atomic E-state index is 13.5. The molecule has 0 aromatic carbocycles. The summed E-state index contributed by atoms with van der Waals surface area (Å²) in [5, 5.41) is 0. The van der Waals surface area contributed by atoms with Crippen LogP contribution in [-0.2, 0) is 11.3 Å². The highest BCUT2D eigenvalue weighted by Gasteiger charge is 2.38. The molecule has 24 heavy (non-hydrogen) atoms. The van der Waals surface area contributed by atoms with Crippen LogP contribution in [0.25, 0.3) is 0 Å². The highest BCUT2D eigenvalue weighted by Crippen LogP contribution is 2.31. The van der Waals surface area contributed by atoms with Gasteiger partial charge >= 0.3 is 6.09 Å². The summed E-state index contributed by atoms with van der Waals surface area (Å²) in [6, 6.07) is 0. The van der Waals surface area contributed by atoms with Crippen LogP contribution in [0.3, 0.4) is 0 Å². The van der Waals surface area contributed by atoms with Gasteiger partial charge in [0.05, 0.1) is 11.6 Å². The SMILES string of the molecule is CC(C)(C)OC(=O)N1CC(c2ocnc2CN2CCCC(F)C2)C1. The number of carbonyl (C=O) groups excluding carboxylic acids is 1. The van der Waals surface area contributed by atoms with Crippen LogP contribution in [0.5, 0.6) is 0 Å². The Morgan fingerprint density at radius 1 is 1.42 bits per heavy atom. The van der Waals surface area contributed by atoms with E-state index in [0.29, 0.717) is 32.6 Å². The van der Waals surface area contributed by atoms with Gasteiger partial charge in [-0.1, -0.05) is 0 Å². The molecular formula is C17H26FN3O3. The third-order valence-corrected chi connectivity index (χ3v) is 4.40. The van der Waals surface area contributed by atoms with Crippen molar-refractivity contribution in [2.75, 3.05) is 26.2 Å². The number of rotatable bonds is 3. The number of amides is 1. The molecule has 0 N–H and O–H groups in total. The van der Waals surface area contributed by atoms with E-state index in [1.165, 1.54) is 6.39 Å². The van der Waals surface area contributed by atoms with Gasteiger partial charge in [-0.2, -0.15) is 0 Å². The van der Waals surface area contributed by atoms with Crippen LogP contribution in [0.2, 0.25) is 0 Å². The molecule has 3 heterocycles. The van der Waals surface area contributed by atoms with Crippen molar-refractivity contribution in [2.45, 2.75) is 57.8 Å². The molecule has 134 valence electrons. The first-order valence-electron chi connectivity index (χ1n) is 8.58. The van der Waals surface area contributed by atoms with Crippen LogP contribution in [-0.4, -0.2) is 58.8 Å². The van der Waals surface area contributed by atoms with Crippen molar-refractivity contribution >= 4 is 6.09 Å². The summed E-state index contributed by atoms with van der Waals surface area (Å²) in [5.41, 5.74) is 0.370. The predicted octanol–water partition coefficient (Wildman–Crippen LogP) is 2.94. The Hall–Kier alpha value is -1.63. The summed E-state index contributed by atoms with van der Waals surface area (Å²) in [6.45, 7) is 8.66. The molecule has 1 amide bonds. The van der Waals surface area contributed by atoms with Crippen molar-refractivity contribution in [3.8, 4) is 0 Å². The first-order valence-corrected chi connectivity index (χ1v) is 8.58. The highest BCUT2D eigenvalue weighted by molar-refractivity contribution is 5.69. The molecule has 0 radical (unpaired) electrons. The minimum absolute atomic E-state index is 0.140. The number of aromatic nitrogens is 1. The molecule has 2 fully saturated rings. The second kappa shape index (κ2) is 6.70. The minimum atomic E-state index is -0.750. The van der Waals surface area contributed by atoms with E-state index in [1.807, 2.05) is 20.8 Å². The number of halogens is 1. The Morgan fingerprint density at radius 2 is 2.17 bits per heavy atom. The summed E-state index contributed by atoms with van der Waals surface area (Å²) in [5.74, 6) is 0.955. The van der Waals surface area contributed by atoms with E-state index in [0.717, 1.165) is 24.4 Å². The van der Waals surface area contributed by atoms with Gasteiger partial charge in [-0.15, -0.1) is 0 Å². The van der Waals surface area contributed by atoms with Crippen LogP contribution in [0.15, 0.2) is 10.8 Å². The lowest BCUT2D eigenvalue weighted by Gasteiger charge is -2.39. The summed E-state index contributed by atoms with van der Waals surface area (Å²) >= 11 is 0. The van der Waals surface area contributed by atoms with E-state index in [4.69, 9.17) is 9.15 Å². The Balaban J connectivity index is 1.54. The van der Waals surface area contributed by atoms with Gasteiger partial charge in [0.15, 0.2) is 6.39 Å². The fourth-order valence-corrected chi connectivity index (χ4v) is 3.20. The smallest absolute Gasteiger partial charge is 0.410 e. The Labute approximate surface area is 142 Å². The number of hydrogen-bond acceptors (Lipinski definition) is 5. The van der Waals surface area contributed by atoms with Gasteiger partial charge in [-0.25, -0.2) is 14.2 Å². The van der Waals surface area contributed by atoms with E-state index in [-0.39, 0.29) is 12.0 Å². The zero-order valence-electron chi connectivity index (χ0n) is 14.6. The fourth-order valence-electron chi connectivity index (χ4n) is 3.20. The number of carbonyl (C=O) groups is 1. The van der Waals surface area contributed by atoms with E-state index in [1.54, 1.807) is 4.90 Å². The number of nitrogens with zero attached hydrogens (tertiary/aromatic N) is 3. The fraction of sp³-hybridized carbons (Fsp3) is 0.765. The Kier molecular flexibility index (Phi) is 4.80. The first kappa shape index (κ1) is 17.2. The van der Waals surface area contributed by atoms with Crippen molar-refractivity contribution < 1.29 is 18.3 Å². The molecule has 2 aliphatic rings. The number of alkyl halides is 1. The molecule has 1 aromatic rings. The predicted molar refractivity (Wildman–Crippen MR) is 86.5 cm³/mol. The first-order chi connectivity index (χ1) is 11.3. The van der Waals surface area contributed by atoms with Crippen molar-refractivity contribution in [1.82, 2.24) is 14.8 Å². The molecular weight excluding hydrogens is 313 g/mol. The molecule has 1 unspecified atom stereocenters. The lowest BCUT2D eigenvalue weighted by molar-refractivity contribution is 0.00630. The maximum Gasteiger partial charge on any atom is 0.410 e. The van der Waals surface area contributed by atoms with E-state index in [2.05, 4.69) is 9.88 Å². The van der Waals surface area contributed by atoms with Gasteiger partial charge in [0.1, 0.15) is 17.5 Å². The normalized spacial score (nSPS) is 23.2. The lowest BCUT2D eigenvalue weighted by Crippen LogP contribution is -2.50.